The number of fused-ring (bicyclic) bond motifs is 3. The Hall–Kier alpha value is -0.770. The lowest BCUT2D eigenvalue weighted by Gasteiger charge is -2.40. The molecule has 1 N–H and O–H groups in total. The third-order valence-electron chi connectivity index (χ3n) is 3.39. The van der Waals surface area contributed by atoms with Gasteiger partial charge in [0.05, 0.1) is 11.7 Å². The van der Waals surface area contributed by atoms with Gasteiger partial charge in [0.25, 0.3) is 0 Å². The average molecular weight is 269 g/mol. The molecule has 3 rings (SSSR count). The minimum absolute atomic E-state index is 0.0790. The van der Waals surface area contributed by atoms with Crippen molar-refractivity contribution in [3.05, 3.63) is 22.3 Å². The van der Waals surface area contributed by atoms with E-state index in [2.05, 4.69) is 38.3 Å². The number of rotatable bonds is 0. The molecule has 0 aromatic carbocycles. The number of nitrogens with one attached hydrogen (secondary N) is 1. The molecule has 0 aromatic heterocycles. The van der Waals surface area contributed by atoms with Crippen molar-refractivity contribution < 1.29 is 4.79 Å². The summed E-state index contributed by atoms with van der Waals surface area (Å²) >= 11 is 3.59. The number of piperazine rings is 1. The third-order valence-corrected chi connectivity index (χ3v) is 4.06. The number of halogens is 1. The number of hydrogen-bond acceptors (Lipinski definition) is 2. The van der Waals surface area contributed by atoms with Crippen LogP contribution in [0.4, 0.5) is 0 Å². The van der Waals surface area contributed by atoms with Crippen LogP contribution in [-0.4, -0.2) is 29.4 Å². The Kier molecular flexibility index (Phi) is 2.12. The Morgan fingerprint density at radius 3 is 3.27 bits per heavy atom. The number of carbonyl (C=O) groups excluding carboxylic acids is 1. The maximum absolute atomic E-state index is 11.8. The molecule has 1 amide bonds. The lowest BCUT2D eigenvalue weighted by atomic mass is 9.99. The molecular formula is C11H13BrN2O. The topological polar surface area (TPSA) is 32.3 Å². The lowest BCUT2D eigenvalue weighted by molar-refractivity contribution is -0.127. The van der Waals surface area contributed by atoms with Crippen LogP contribution in [0, 0.1) is 0 Å². The van der Waals surface area contributed by atoms with Crippen LogP contribution in [-0.2, 0) is 4.79 Å². The number of amides is 1. The fourth-order valence-electron chi connectivity index (χ4n) is 2.73. The van der Waals surface area contributed by atoms with Gasteiger partial charge in [0, 0.05) is 11.0 Å². The molecule has 2 fully saturated rings. The molecule has 80 valence electrons. The number of nitrogens with zero attached hydrogens (tertiary/aromatic N) is 1. The molecule has 2 aliphatic heterocycles. The molecule has 0 unspecified atom stereocenters. The summed E-state index contributed by atoms with van der Waals surface area (Å²) in [5, 5.41) is 3.10. The Morgan fingerprint density at radius 2 is 2.40 bits per heavy atom. The molecule has 3 aliphatic rings. The Morgan fingerprint density at radius 1 is 1.53 bits per heavy atom. The first-order valence-corrected chi connectivity index (χ1v) is 6.20. The minimum Gasteiger partial charge on any atom is -0.360 e. The quantitative estimate of drug-likeness (QED) is 0.723. The van der Waals surface area contributed by atoms with Crippen LogP contribution in [0.5, 0.6) is 0 Å². The van der Waals surface area contributed by atoms with Crippen molar-refractivity contribution in [1.29, 1.82) is 0 Å². The smallest absolute Gasteiger partial charge is 0.243 e. The fraction of sp³-hybridized carbons (Fsp3) is 0.545. The molecular weight excluding hydrogens is 256 g/mol. The maximum atomic E-state index is 11.8. The molecule has 2 atom stereocenters. The van der Waals surface area contributed by atoms with Crippen LogP contribution in [0.1, 0.15) is 19.3 Å². The van der Waals surface area contributed by atoms with Crippen LogP contribution in [0.3, 0.4) is 0 Å². The molecule has 2 saturated heterocycles. The van der Waals surface area contributed by atoms with Gasteiger partial charge >= 0.3 is 0 Å². The summed E-state index contributed by atoms with van der Waals surface area (Å²) in [6.45, 7) is 1.02. The second kappa shape index (κ2) is 3.37. The fourth-order valence-corrected chi connectivity index (χ4v) is 3.42. The average Bonchev–Trinajstić information content (AvgIpc) is 2.66. The van der Waals surface area contributed by atoms with Gasteiger partial charge in [-0.3, -0.25) is 4.79 Å². The maximum Gasteiger partial charge on any atom is 0.243 e. The van der Waals surface area contributed by atoms with Crippen LogP contribution in [0.15, 0.2) is 22.3 Å². The normalized spacial score (nSPS) is 33.9. The van der Waals surface area contributed by atoms with Gasteiger partial charge in [-0.15, -0.1) is 0 Å². The van der Waals surface area contributed by atoms with Crippen molar-refractivity contribution in [2.75, 3.05) is 6.54 Å². The van der Waals surface area contributed by atoms with Crippen molar-refractivity contribution >= 4 is 21.8 Å². The van der Waals surface area contributed by atoms with Crippen molar-refractivity contribution in [2.24, 2.45) is 0 Å². The van der Waals surface area contributed by atoms with Crippen molar-refractivity contribution in [1.82, 2.24) is 10.2 Å². The summed E-state index contributed by atoms with van der Waals surface area (Å²) < 4.78 is 1.13. The molecule has 0 saturated carbocycles. The zero-order chi connectivity index (χ0) is 10.4. The molecule has 2 heterocycles. The van der Waals surface area contributed by atoms with Crippen LogP contribution < -0.4 is 5.32 Å². The summed E-state index contributed by atoms with van der Waals surface area (Å²) in [7, 11) is 0. The summed E-state index contributed by atoms with van der Waals surface area (Å²) in [5.74, 6) is 0.205. The molecule has 4 heteroatoms. The van der Waals surface area contributed by atoms with Crippen LogP contribution >= 0.6 is 15.9 Å². The van der Waals surface area contributed by atoms with Gasteiger partial charge in [0.1, 0.15) is 6.04 Å². The highest BCUT2D eigenvalue weighted by Crippen LogP contribution is 2.35. The van der Waals surface area contributed by atoms with Gasteiger partial charge in [-0.2, -0.15) is 0 Å². The van der Waals surface area contributed by atoms with E-state index in [1.165, 1.54) is 5.70 Å². The second-order valence-electron chi connectivity index (χ2n) is 4.28. The molecule has 0 radical (unpaired) electrons. The molecule has 0 spiro atoms. The molecule has 3 nitrogen and oxygen atoms in total. The van der Waals surface area contributed by atoms with Gasteiger partial charge in [0.2, 0.25) is 5.91 Å². The van der Waals surface area contributed by atoms with Crippen LogP contribution in [0.25, 0.3) is 0 Å². The van der Waals surface area contributed by atoms with Crippen molar-refractivity contribution in [3.8, 4) is 0 Å². The number of allylic oxidation sites excluding steroid dienone is 2. The molecule has 15 heavy (non-hydrogen) atoms. The first-order chi connectivity index (χ1) is 7.27. The monoisotopic (exact) mass is 268 g/mol. The molecule has 0 aromatic rings. The Bertz CT molecular complexity index is 375. The Balaban J connectivity index is 2.03. The largest absolute Gasteiger partial charge is 0.360 e. The summed E-state index contributed by atoms with van der Waals surface area (Å²) in [6, 6.07) is 0.265. The van der Waals surface area contributed by atoms with Gasteiger partial charge in [0.15, 0.2) is 0 Å². The first kappa shape index (κ1) is 9.46. The van der Waals surface area contributed by atoms with Gasteiger partial charge in [-0.1, -0.05) is 12.2 Å². The zero-order valence-electron chi connectivity index (χ0n) is 8.37. The van der Waals surface area contributed by atoms with E-state index in [1.807, 2.05) is 0 Å². The Labute approximate surface area is 97.3 Å². The van der Waals surface area contributed by atoms with Gasteiger partial charge < -0.3 is 10.2 Å². The van der Waals surface area contributed by atoms with E-state index < -0.39 is 0 Å². The first-order valence-electron chi connectivity index (χ1n) is 5.40. The van der Waals surface area contributed by atoms with E-state index in [9.17, 15) is 4.79 Å². The minimum atomic E-state index is 0.0790. The van der Waals surface area contributed by atoms with Crippen LogP contribution in [0.2, 0.25) is 0 Å². The lowest BCUT2D eigenvalue weighted by Crippen LogP contribution is -2.56. The van der Waals surface area contributed by atoms with E-state index in [1.54, 1.807) is 0 Å². The molecule has 1 aliphatic carbocycles. The summed E-state index contributed by atoms with van der Waals surface area (Å²) in [6.07, 6.45) is 7.23. The van der Waals surface area contributed by atoms with E-state index in [4.69, 9.17) is 0 Å². The third kappa shape index (κ3) is 1.34. The standard InChI is InChI=1S/C11H13BrN2O/c12-7-3-1-4-8-10(7)14-6-2-5-9(14)11(15)13-8/h1,3,8-9H,2,4-6H2,(H,13,15)/t8-,9-/m0/s1. The van der Waals surface area contributed by atoms with Crippen molar-refractivity contribution in [3.63, 3.8) is 0 Å². The predicted molar refractivity (Wildman–Crippen MR) is 61.4 cm³/mol. The van der Waals surface area contributed by atoms with Gasteiger partial charge in [-0.05, 0) is 35.2 Å². The molecule has 0 bridgehead atoms. The highest BCUT2D eigenvalue weighted by Gasteiger charge is 2.41. The highest BCUT2D eigenvalue weighted by molar-refractivity contribution is 9.11. The summed E-state index contributed by atoms with van der Waals surface area (Å²) in [4.78, 5) is 14.1. The van der Waals surface area contributed by atoms with Gasteiger partial charge in [-0.25, -0.2) is 0 Å². The van der Waals surface area contributed by atoms with E-state index in [0.29, 0.717) is 0 Å². The number of carbonyl (C=O) groups is 1. The van der Waals surface area contributed by atoms with E-state index in [0.717, 1.165) is 30.3 Å². The van der Waals surface area contributed by atoms with Crippen molar-refractivity contribution in [2.45, 2.75) is 31.3 Å². The van der Waals surface area contributed by atoms with E-state index in [-0.39, 0.29) is 18.0 Å². The predicted octanol–water partition coefficient (Wildman–Crippen LogP) is 1.52. The second-order valence-corrected chi connectivity index (χ2v) is 5.14. The highest BCUT2D eigenvalue weighted by atomic mass is 79.9. The van der Waals surface area contributed by atoms with E-state index >= 15 is 0 Å². The zero-order valence-corrected chi connectivity index (χ0v) is 9.96. The SMILES string of the molecule is O=C1N[C@H]2CC=CC(Br)=C2N2CCC[C@@H]12. The summed E-state index contributed by atoms with van der Waals surface area (Å²) in [5.41, 5.74) is 1.28. The number of hydrogen-bond donors (Lipinski definition) is 1.